The Balaban J connectivity index is 1.66. The molecule has 106 valence electrons. The van der Waals surface area contributed by atoms with Gasteiger partial charge in [-0.25, -0.2) is 0 Å². The van der Waals surface area contributed by atoms with Crippen LogP contribution in [0, 0.1) is 0 Å². The Morgan fingerprint density at radius 2 is 2.00 bits per heavy atom. The van der Waals surface area contributed by atoms with Crippen LogP contribution in [0.2, 0.25) is 0 Å². The van der Waals surface area contributed by atoms with Crippen molar-refractivity contribution >= 4 is 11.6 Å². The maximum atomic E-state index is 5.70. The van der Waals surface area contributed by atoms with Crippen LogP contribution in [-0.2, 0) is 12.5 Å². The van der Waals surface area contributed by atoms with E-state index >= 15 is 0 Å². The van der Waals surface area contributed by atoms with Gasteiger partial charge in [-0.05, 0) is 30.3 Å². The zero-order chi connectivity index (χ0) is 14.5. The SMILES string of the molecule is ClCc1cc(-c2ccc(OCc3cccnc3)cc2)no1. The van der Waals surface area contributed by atoms with Crippen molar-refractivity contribution in [2.45, 2.75) is 12.5 Å². The number of halogens is 1. The average molecular weight is 301 g/mol. The van der Waals surface area contributed by atoms with Crippen LogP contribution >= 0.6 is 11.6 Å². The number of rotatable bonds is 5. The molecule has 0 radical (unpaired) electrons. The minimum atomic E-state index is 0.319. The molecule has 5 heteroatoms. The van der Waals surface area contributed by atoms with Gasteiger partial charge in [0.05, 0.1) is 5.88 Å². The molecule has 0 spiro atoms. The molecule has 0 aliphatic heterocycles. The molecule has 0 fully saturated rings. The lowest BCUT2D eigenvalue weighted by Gasteiger charge is -2.06. The molecule has 0 aliphatic rings. The Kier molecular flexibility index (Phi) is 4.17. The number of pyridine rings is 1. The van der Waals surface area contributed by atoms with Crippen LogP contribution in [-0.4, -0.2) is 10.1 Å². The van der Waals surface area contributed by atoms with E-state index in [4.69, 9.17) is 20.9 Å². The van der Waals surface area contributed by atoms with E-state index in [0.717, 1.165) is 22.6 Å². The Morgan fingerprint density at radius 1 is 1.14 bits per heavy atom. The fourth-order valence-corrected chi connectivity index (χ4v) is 2.01. The molecule has 0 saturated heterocycles. The van der Waals surface area contributed by atoms with Crippen LogP contribution in [0.5, 0.6) is 5.75 Å². The van der Waals surface area contributed by atoms with Gasteiger partial charge in [0.15, 0.2) is 5.76 Å². The summed E-state index contributed by atoms with van der Waals surface area (Å²) in [6, 6.07) is 13.4. The molecule has 21 heavy (non-hydrogen) atoms. The average Bonchev–Trinajstić information content (AvgIpc) is 3.03. The summed E-state index contributed by atoms with van der Waals surface area (Å²) in [5.41, 5.74) is 2.76. The van der Waals surface area contributed by atoms with Gasteiger partial charge in [-0.1, -0.05) is 11.2 Å². The van der Waals surface area contributed by atoms with Crippen molar-refractivity contribution in [1.29, 1.82) is 0 Å². The fraction of sp³-hybridized carbons (Fsp3) is 0.125. The summed E-state index contributed by atoms with van der Waals surface area (Å²) in [7, 11) is 0. The third kappa shape index (κ3) is 3.41. The third-order valence-electron chi connectivity index (χ3n) is 2.97. The summed E-state index contributed by atoms with van der Waals surface area (Å²) >= 11 is 5.69. The highest BCUT2D eigenvalue weighted by atomic mass is 35.5. The van der Waals surface area contributed by atoms with Crippen LogP contribution in [0.15, 0.2) is 59.4 Å². The molecule has 0 amide bonds. The highest BCUT2D eigenvalue weighted by Gasteiger charge is 2.06. The first-order chi connectivity index (χ1) is 10.3. The Hall–Kier alpha value is -2.33. The van der Waals surface area contributed by atoms with Crippen LogP contribution in [0.4, 0.5) is 0 Å². The topological polar surface area (TPSA) is 48.2 Å². The van der Waals surface area contributed by atoms with Crippen LogP contribution < -0.4 is 4.74 Å². The third-order valence-corrected chi connectivity index (χ3v) is 3.23. The first kappa shape index (κ1) is 13.6. The van der Waals surface area contributed by atoms with Crippen LogP contribution in [0.3, 0.4) is 0 Å². The molecule has 2 heterocycles. The van der Waals surface area contributed by atoms with Crippen LogP contribution in [0.1, 0.15) is 11.3 Å². The highest BCUT2D eigenvalue weighted by molar-refractivity contribution is 6.16. The molecule has 0 bridgehead atoms. The van der Waals surface area contributed by atoms with E-state index in [2.05, 4.69) is 10.1 Å². The minimum Gasteiger partial charge on any atom is -0.489 e. The maximum Gasteiger partial charge on any atom is 0.152 e. The first-order valence-electron chi connectivity index (χ1n) is 6.49. The summed E-state index contributed by atoms with van der Waals surface area (Å²) in [5, 5.41) is 3.97. The van der Waals surface area contributed by atoms with Crippen molar-refractivity contribution in [2.24, 2.45) is 0 Å². The molecule has 2 aromatic heterocycles. The van der Waals surface area contributed by atoms with Crippen molar-refractivity contribution in [1.82, 2.24) is 10.1 Å². The molecule has 4 nitrogen and oxygen atoms in total. The molecule has 0 aliphatic carbocycles. The minimum absolute atomic E-state index is 0.319. The number of hydrogen-bond donors (Lipinski definition) is 0. The Bertz CT molecular complexity index is 696. The highest BCUT2D eigenvalue weighted by Crippen LogP contribution is 2.23. The maximum absolute atomic E-state index is 5.70. The van der Waals surface area contributed by atoms with E-state index in [1.54, 1.807) is 12.4 Å². The van der Waals surface area contributed by atoms with Crippen molar-refractivity contribution < 1.29 is 9.26 Å². The van der Waals surface area contributed by atoms with Gasteiger partial charge < -0.3 is 9.26 Å². The molecular formula is C16H13ClN2O2. The molecule has 0 atom stereocenters. The number of ether oxygens (including phenoxy) is 1. The zero-order valence-corrected chi connectivity index (χ0v) is 12.0. The molecule has 0 N–H and O–H groups in total. The van der Waals surface area contributed by atoms with Crippen molar-refractivity contribution in [3.63, 3.8) is 0 Å². The molecule has 1 aromatic carbocycles. The summed E-state index contributed by atoms with van der Waals surface area (Å²) in [6.45, 7) is 0.494. The van der Waals surface area contributed by atoms with Gasteiger partial charge in [-0.2, -0.15) is 0 Å². The van der Waals surface area contributed by atoms with Crippen LogP contribution in [0.25, 0.3) is 11.3 Å². The van der Waals surface area contributed by atoms with Crippen molar-refractivity contribution in [3.05, 3.63) is 66.2 Å². The normalized spacial score (nSPS) is 10.5. The predicted molar refractivity (Wildman–Crippen MR) is 80.1 cm³/mol. The number of benzene rings is 1. The fourth-order valence-electron chi connectivity index (χ4n) is 1.88. The lowest BCUT2D eigenvalue weighted by atomic mass is 10.1. The number of aromatic nitrogens is 2. The molecule has 3 rings (SSSR count). The largest absolute Gasteiger partial charge is 0.489 e. The summed E-state index contributed by atoms with van der Waals surface area (Å²) < 4.78 is 10.8. The summed E-state index contributed by atoms with van der Waals surface area (Å²) in [6.07, 6.45) is 3.53. The Labute approximate surface area is 127 Å². The number of alkyl halides is 1. The number of hydrogen-bond acceptors (Lipinski definition) is 4. The second kappa shape index (κ2) is 6.41. The van der Waals surface area contributed by atoms with Crippen molar-refractivity contribution in [3.8, 4) is 17.0 Å². The van der Waals surface area contributed by atoms with E-state index in [1.165, 1.54) is 0 Å². The van der Waals surface area contributed by atoms with E-state index in [0.29, 0.717) is 18.2 Å². The quantitative estimate of drug-likeness (QED) is 0.667. The predicted octanol–water partition coefficient (Wildman–Crippen LogP) is 4.05. The number of nitrogens with zero attached hydrogens (tertiary/aromatic N) is 2. The zero-order valence-electron chi connectivity index (χ0n) is 11.2. The van der Waals surface area contributed by atoms with Gasteiger partial charge in [0.1, 0.15) is 18.1 Å². The van der Waals surface area contributed by atoms with E-state index < -0.39 is 0 Å². The lowest BCUT2D eigenvalue weighted by Crippen LogP contribution is -1.95. The first-order valence-corrected chi connectivity index (χ1v) is 7.02. The summed E-state index contributed by atoms with van der Waals surface area (Å²) in [4.78, 5) is 4.05. The lowest BCUT2D eigenvalue weighted by molar-refractivity contribution is 0.306. The molecule has 0 unspecified atom stereocenters. The van der Waals surface area contributed by atoms with E-state index in [9.17, 15) is 0 Å². The van der Waals surface area contributed by atoms with Gasteiger partial charge in [-0.3, -0.25) is 4.98 Å². The van der Waals surface area contributed by atoms with Gasteiger partial charge >= 0.3 is 0 Å². The monoisotopic (exact) mass is 300 g/mol. The molecular weight excluding hydrogens is 288 g/mol. The van der Waals surface area contributed by atoms with Gasteiger partial charge in [0.2, 0.25) is 0 Å². The van der Waals surface area contributed by atoms with Gasteiger partial charge in [-0.15, -0.1) is 11.6 Å². The van der Waals surface area contributed by atoms with Crippen molar-refractivity contribution in [2.75, 3.05) is 0 Å². The van der Waals surface area contributed by atoms with Gasteiger partial charge in [0, 0.05) is 29.6 Å². The molecule has 0 saturated carbocycles. The smallest absolute Gasteiger partial charge is 0.152 e. The van der Waals surface area contributed by atoms with E-state index in [1.807, 2.05) is 42.5 Å². The molecule has 3 aromatic rings. The Morgan fingerprint density at radius 3 is 2.67 bits per heavy atom. The summed E-state index contributed by atoms with van der Waals surface area (Å²) in [5.74, 6) is 1.77. The van der Waals surface area contributed by atoms with Gasteiger partial charge in [0.25, 0.3) is 0 Å². The standard InChI is InChI=1S/C16H13ClN2O2/c17-9-15-8-16(19-21-15)13-3-5-14(6-4-13)20-11-12-2-1-7-18-10-12/h1-8,10H,9,11H2. The second-order valence-corrected chi connectivity index (χ2v) is 4.75. The van der Waals surface area contributed by atoms with E-state index in [-0.39, 0.29) is 0 Å². The second-order valence-electron chi connectivity index (χ2n) is 4.49.